The molecular formula is C14H24N4O2. The molecule has 1 heterocycles. The van der Waals surface area contributed by atoms with Gasteiger partial charge in [0.05, 0.1) is 23.2 Å². The molecule has 0 radical (unpaired) electrons. The van der Waals surface area contributed by atoms with Crippen molar-refractivity contribution < 1.29 is 9.90 Å². The highest BCUT2D eigenvalue weighted by molar-refractivity contribution is 5.75. The fourth-order valence-electron chi connectivity index (χ4n) is 2.73. The van der Waals surface area contributed by atoms with E-state index >= 15 is 0 Å². The fraction of sp³-hybridized carbons (Fsp3) is 0.714. The van der Waals surface area contributed by atoms with Crippen molar-refractivity contribution >= 4 is 11.6 Å². The molecule has 0 spiro atoms. The fourth-order valence-corrected chi connectivity index (χ4v) is 2.73. The molecule has 1 aromatic rings. The zero-order chi connectivity index (χ0) is 14.7. The van der Waals surface area contributed by atoms with E-state index in [0.29, 0.717) is 12.2 Å². The van der Waals surface area contributed by atoms with Crippen molar-refractivity contribution in [1.29, 1.82) is 0 Å². The Morgan fingerprint density at radius 3 is 2.75 bits per heavy atom. The van der Waals surface area contributed by atoms with Gasteiger partial charge < -0.3 is 16.2 Å². The summed E-state index contributed by atoms with van der Waals surface area (Å²) < 4.78 is 1.62. The second kappa shape index (κ2) is 6.26. The molecule has 112 valence electrons. The quantitative estimate of drug-likeness (QED) is 0.758. The molecular weight excluding hydrogens is 256 g/mol. The number of anilines is 1. The molecule has 2 unspecified atom stereocenters. The molecule has 1 saturated carbocycles. The van der Waals surface area contributed by atoms with Crippen LogP contribution in [-0.2, 0) is 11.3 Å². The first kappa shape index (κ1) is 14.8. The summed E-state index contributed by atoms with van der Waals surface area (Å²) in [6.45, 7) is 4.39. The van der Waals surface area contributed by atoms with Gasteiger partial charge in [-0.2, -0.15) is 5.10 Å². The highest BCUT2D eigenvalue weighted by atomic mass is 16.3. The van der Waals surface area contributed by atoms with E-state index < -0.39 is 0 Å². The predicted octanol–water partition coefficient (Wildman–Crippen LogP) is 0.749. The van der Waals surface area contributed by atoms with Crippen LogP contribution < -0.4 is 11.1 Å². The molecule has 2 atom stereocenters. The summed E-state index contributed by atoms with van der Waals surface area (Å²) in [7, 11) is 0. The first-order valence-corrected chi connectivity index (χ1v) is 7.23. The Hall–Kier alpha value is -1.56. The first-order valence-electron chi connectivity index (χ1n) is 7.23. The van der Waals surface area contributed by atoms with E-state index in [0.717, 1.165) is 37.1 Å². The molecule has 2 rings (SSSR count). The highest BCUT2D eigenvalue weighted by Crippen LogP contribution is 2.23. The molecule has 6 nitrogen and oxygen atoms in total. The lowest BCUT2D eigenvalue weighted by molar-refractivity contribution is -0.122. The third kappa shape index (κ3) is 3.30. The van der Waals surface area contributed by atoms with Crippen LogP contribution in [-0.4, -0.2) is 33.4 Å². The van der Waals surface area contributed by atoms with Crippen LogP contribution >= 0.6 is 0 Å². The Balaban J connectivity index is 1.84. The molecule has 20 heavy (non-hydrogen) atoms. The van der Waals surface area contributed by atoms with Crippen molar-refractivity contribution in [3.8, 4) is 0 Å². The molecule has 1 amide bonds. The number of nitrogens with two attached hydrogens (primary N) is 1. The van der Waals surface area contributed by atoms with Gasteiger partial charge in [-0.15, -0.1) is 0 Å². The van der Waals surface area contributed by atoms with Gasteiger partial charge in [0, 0.05) is 12.5 Å². The Labute approximate surface area is 119 Å². The smallest absolute Gasteiger partial charge is 0.241 e. The molecule has 1 aliphatic rings. The van der Waals surface area contributed by atoms with Crippen molar-refractivity contribution in [3.63, 3.8) is 0 Å². The number of hydrogen-bond donors (Lipinski definition) is 3. The van der Waals surface area contributed by atoms with Gasteiger partial charge in [0.15, 0.2) is 0 Å². The van der Waals surface area contributed by atoms with Crippen molar-refractivity contribution in [2.45, 2.75) is 52.2 Å². The van der Waals surface area contributed by atoms with Gasteiger partial charge in [-0.05, 0) is 26.7 Å². The van der Waals surface area contributed by atoms with E-state index in [9.17, 15) is 9.90 Å². The van der Waals surface area contributed by atoms with E-state index in [1.54, 1.807) is 4.68 Å². The second-order valence-electron chi connectivity index (χ2n) is 5.66. The number of nitrogen functional groups attached to an aromatic ring is 1. The Morgan fingerprint density at radius 2 is 2.15 bits per heavy atom. The van der Waals surface area contributed by atoms with Crippen molar-refractivity contribution in [3.05, 3.63) is 11.4 Å². The lowest BCUT2D eigenvalue weighted by Gasteiger charge is -2.27. The summed E-state index contributed by atoms with van der Waals surface area (Å²) in [4.78, 5) is 11.9. The summed E-state index contributed by atoms with van der Waals surface area (Å²) in [5, 5.41) is 17.0. The van der Waals surface area contributed by atoms with Crippen LogP contribution in [0.3, 0.4) is 0 Å². The van der Waals surface area contributed by atoms with Crippen molar-refractivity contribution in [2.24, 2.45) is 5.92 Å². The standard InChI is InChI=1S/C14H24N4O2/c1-9-14(15)10(2)18(17-9)8-13(20)16-7-11-5-3-4-6-12(11)19/h11-12,19H,3-8,15H2,1-2H3,(H,16,20). The average Bonchev–Trinajstić information content (AvgIpc) is 2.65. The van der Waals surface area contributed by atoms with Gasteiger partial charge in [0.1, 0.15) is 6.54 Å². The maximum atomic E-state index is 11.9. The molecule has 1 aliphatic carbocycles. The molecule has 1 fully saturated rings. The molecule has 0 aromatic carbocycles. The van der Waals surface area contributed by atoms with Crippen molar-refractivity contribution in [1.82, 2.24) is 15.1 Å². The number of aliphatic hydroxyl groups excluding tert-OH is 1. The van der Waals surface area contributed by atoms with Crippen molar-refractivity contribution in [2.75, 3.05) is 12.3 Å². The molecule has 4 N–H and O–H groups in total. The van der Waals surface area contributed by atoms with Crippen LogP contribution in [0.4, 0.5) is 5.69 Å². The third-order valence-corrected chi connectivity index (χ3v) is 4.16. The molecule has 0 aliphatic heterocycles. The molecule has 6 heteroatoms. The minimum absolute atomic E-state index is 0.0895. The zero-order valence-corrected chi connectivity index (χ0v) is 12.2. The van der Waals surface area contributed by atoms with E-state index in [1.807, 2.05) is 13.8 Å². The Kier molecular flexibility index (Phi) is 4.65. The van der Waals surface area contributed by atoms with E-state index in [4.69, 9.17) is 5.73 Å². The zero-order valence-electron chi connectivity index (χ0n) is 12.2. The summed E-state index contributed by atoms with van der Waals surface area (Å²) in [6.07, 6.45) is 3.75. The lowest BCUT2D eigenvalue weighted by atomic mass is 9.86. The maximum absolute atomic E-state index is 11.9. The number of amides is 1. The third-order valence-electron chi connectivity index (χ3n) is 4.16. The highest BCUT2D eigenvalue weighted by Gasteiger charge is 2.23. The number of aliphatic hydroxyl groups is 1. The van der Waals surface area contributed by atoms with Crippen LogP contribution in [0.2, 0.25) is 0 Å². The number of nitrogens with zero attached hydrogens (tertiary/aromatic N) is 2. The van der Waals surface area contributed by atoms with Gasteiger partial charge in [0.2, 0.25) is 5.91 Å². The molecule has 0 saturated heterocycles. The number of carbonyl (C=O) groups is 1. The largest absolute Gasteiger partial charge is 0.396 e. The average molecular weight is 280 g/mol. The number of carbonyl (C=O) groups excluding carboxylic acids is 1. The second-order valence-corrected chi connectivity index (χ2v) is 5.66. The van der Waals surface area contributed by atoms with Gasteiger partial charge in [-0.1, -0.05) is 12.8 Å². The minimum Gasteiger partial charge on any atom is -0.396 e. The molecule has 1 aromatic heterocycles. The number of hydrogen-bond acceptors (Lipinski definition) is 4. The van der Waals surface area contributed by atoms with Crippen LogP contribution in [0.5, 0.6) is 0 Å². The predicted molar refractivity (Wildman–Crippen MR) is 77.1 cm³/mol. The van der Waals surface area contributed by atoms with Crippen LogP contribution in [0, 0.1) is 19.8 Å². The van der Waals surface area contributed by atoms with Gasteiger partial charge in [-0.25, -0.2) is 0 Å². The normalized spacial score (nSPS) is 22.8. The summed E-state index contributed by atoms with van der Waals surface area (Å²) >= 11 is 0. The van der Waals surface area contributed by atoms with Crippen LogP contribution in [0.1, 0.15) is 37.1 Å². The number of nitrogens with one attached hydrogen (secondary N) is 1. The SMILES string of the molecule is Cc1nn(CC(=O)NCC2CCCCC2O)c(C)c1N. The number of aromatic nitrogens is 2. The maximum Gasteiger partial charge on any atom is 0.241 e. The first-order chi connectivity index (χ1) is 9.49. The van der Waals surface area contributed by atoms with E-state index in [1.165, 1.54) is 0 Å². The van der Waals surface area contributed by atoms with Gasteiger partial charge in [0.25, 0.3) is 0 Å². The van der Waals surface area contributed by atoms with E-state index in [-0.39, 0.29) is 24.5 Å². The number of rotatable bonds is 4. The Morgan fingerprint density at radius 1 is 1.45 bits per heavy atom. The summed E-state index contributed by atoms with van der Waals surface area (Å²) in [5.74, 6) is 0.0894. The molecule has 0 bridgehead atoms. The monoisotopic (exact) mass is 280 g/mol. The van der Waals surface area contributed by atoms with Gasteiger partial charge in [-0.3, -0.25) is 9.48 Å². The summed E-state index contributed by atoms with van der Waals surface area (Å²) in [5.41, 5.74) is 8.04. The van der Waals surface area contributed by atoms with Gasteiger partial charge >= 0.3 is 0 Å². The van der Waals surface area contributed by atoms with E-state index in [2.05, 4.69) is 10.4 Å². The van der Waals surface area contributed by atoms with Crippen LogP contribution in [0.25, 0.3) is 0 Å². The number of aryl methyl sites for hydroxylation is 1. The Bertz CT molecular complexity index is 484. The topological polar surface area (TPSA) is 93.2 Å². The minimum atomic E-state index is -0.284. The lowest BCUT2D eigenvalue weighted by Crippen LogP contribution is -2.38. The summed E-state index contributed by atoms with van der Waals surface area (Å²) in [6, 6.07) is 0. The van der Waals surface area contributed by atoms with Crippen LogP contribution in [0.15, 0.2) is 0 Å².